The molecule has 1 aliphatic heterocycles. The molecule has 3 nitrogen and oxygen atoms in total. The van der Waals surface area contributed by atoms with Gasteiger partial charge in [-0.05, 0) is 38.8 Å². The molecule has 0 amide bonds. The first-order chi connectivity index (χ1) is 10.1. The van der Waals surface area contributed by atoms with E-state index in [1.54, 1.807) is 0 Å². The number of hydrogen-bond acceptors (Lipinski definition) is 4. The lowest BCUT2D eigenvalue weighted by Crippen LogP contribution is -2.53. The van der Waals surface area contributed by atoms with E-state index in [2.05, 4.69) is 49.6 Å². The van der Waals surface area contributed by atoms with Crippen molar-refractivity contribution in [3.8, 4) is 0 Å². The second kappa shape index (κ2) is 7.73. The average molecular weight is 310 g/mol. The summed E-state index contributed by atoms with van der Waals surface area (Å²) in [4.78, 5) is 8.05. The summed E-state index contributed by atoms with van der Waals surface area (Å²) in [6.45, 7) is 13.6. The second-order valence-corrected chi connectivity index (χ2v) is 7.61. The highest BCUT2D eigenvalue weighted by atomic mass is 32.1. The van der Waals surface area contributed by atoms with Crippen molar-refractivity contribution in [2.24, 2.45) is 5.73 Å². The van der Waals surface area contributed by atoms with E-state index in [-0.39, 0.29) is 6.04 Å². The van der Waals surface area contributed by atoms with Crippen LogP contribution in [0.5, 0.6) is 0 Å². The van der Waals surface area contributed by atoms with Crippen molar-refractivity contribution in [2.75, 3.05) is 26.2 Å². The standard InChI is InChI=1S/C17H31N3S/c1-5-13(3)19-9-11-20(12-10-19)17(15(18)6-2)16-8-7-14(4)21-16/h7-8,13,15,17H,5-6,9-12,18H2,1-4H3. The number of aryl methyl sites for hydroxylation is 1. The first kappa shape index (κ1) is 16.9. The molecule has 2 heterocycles. The van der Waals surface area contributed by atoms with Crippen LogP contribution in [0.4, 0.5) is 0 Å². The Balaban J connectivity index is 2.06. The van der Waals surface area contributed by atoms with Gasteiger partial charge in [0.2, 0.25) is 0 Å². The molecular formula is C17H31N3S. The highest BCUT2D eigenvalue weighted by Crippen LogP contribution is 2.31. The van der Waals surface area contributed by atoms with E-state index in [9.17, 15) is 0 Å². The van der Waals surface area contributed by atoms with E-state index in [1.165, 1.54) is 29.3 Å². The van der Waals surface area contributed by atoms with E-state index in [1.807, 2.05) is 11.3 Å². The lowest BCUT2D eigenvalue weighted by molar-refractivity contribution is 0.0640. The summed E-state index contributed by atoms with van der Waals surface area (Å²) < 4.78 is 0. The Morgan fingerprint density at radius 3 is 2.19 bits per heavy atom. The normalized spacial score (nSPS) is 22.1. The van der Waals surface area contributed by atoms with Crippen LogP contribution in [-0.4, -0.2) is 48.1 Å². The van der Waals surface area contributed by atoms with Gasteiger partial charge in [-0.1, -0.05) is 13.8 Å². The molecule has 1 aromatic rings. The van der Waals surface area contributed by atoms with Gasteiger partial charge in [0.25, 0.3) is 0 Å². The summed E-state index contributed by atoms with van der Waals surface area (Å²) in [5.41, 5.74) is 6.46. The Hall–Kier alpha value is -0.420. The summed E-state index contributed by atoms with van der Waals surface area (Å²) in [5, 5.41) is 0. The molecule has 2 rings (SSSR count). The van der Waals surface area contributed by atoms with Crippen LogP contribution in [0.15, 0.2) is 12.1 Å². The van der Waals surface area contributed by atoms with Crippen molar-refractivity contribution in [2.45, 2.75) is 58.7 Å². The molecule has 0 spiro atoms. The predicted molar refractivity (Wildman–Crippen MR) is 93.0 cm³/mol. The number of hydrogen-bond donors (Lipinski definition) is 1. The number of rotatable bonds is 6. The molecule has 1 aromatic heterocycles. The zero-order valence-electron chi connectivity index (χ0n) is 14.0. The topological polar surface area (TPSA) is 32.5 Å². The van der Waals surface area contributed by atoms with Gasteiger partial charge in [0.1, 0.15) is 0 Å². The van der Waals surface area contributed by atoms with Crippen molar-refractivity contribution in [3.05, 3.63) is 21.9 Å². The van der Waals surface area contributed by atoms with Crippen LogP contribution < -0.4 is 5.73 Å². The van der Waals surface area contributed by atoms with Crippen LogP contribution in [0.3, 0.4) is 0 Å². The number of nitrogens with zero attached hydrogens (tertiary/aromatic N) is 2. The van der Waals surface area contributed by atoms with E-state index >= 15 is 0 Å². The molecule has 3 atom stereocenters. The summed E-state index contributed by atoms with van der Waals surface area (Å²) in [6.07, 6.45) is 2.27. The molecule has 4 heteroatoms. The van der Waals surface area contributed by atoms with Gasteiger partial charge in [-0.2, -0.15) is 0 Å². The lowest BCUT2D eigenvalue weighted by Gasteiger charge is -2.42. The van der Waals surface area contributed by atoms with Crippen molar-refractivity contribution in [1.29, 1.82) is 0 Å². The van der Waals surface area contributed by atoms with Gasteiger partial charge in [-0.25, -0.2) is 0 Å². The second-order valence-electron chi connectivity index (χ2n) is 6.29. The fourth-order valence-corrected chi connectivity index (χ4v) is 4.30. The first-order valence-corrected chi connectivity index (χ1v) is 9.18. The van der Waals surface area contributed by atoms with Crippen molar-refractivity contribution < 1.29 is 0 Å². The largest absolute Gasteiger partial charge is 0.326 e. The zero-order chi connectivity index (χ0) is 15.4. The Kier molecular flexibility index (Phi) is 6.23. The van der Waals surface area contributed by atoms with E-state index in [4.69, 9.17) is 5.73 Å². The molecule has 0 aromatic carbocycles. The number of nitrogens with two attached hydrogens (primary N) is 1. The SMILES string of the molecule is CCC(N)C(c1ccc(C)s1)N1CCN(C(C)CC)CC1. The minimum Gasteiger partial charge on any atom is -0.326 e. The van der Waals surface area contributed by atoms with Crippen LogP contribution in [0, 0.1) is 6.92 Å². The van der Waals surface area contributed by atoms with Gasteiger partial charge in [0, 0.05) is 48.0 Å². The van der Waals surface area contributed by atoms with Crippen molar-refractivity contribution >= 4 is 11.3 Å². The van der Waals surface area contributed by atoms with Gasteiger partial charge in [0.05, 0.1) is 6.04 Å². The molecule has 1 fully saturated rings. The van der Waals surface area contributed by atoms with Crippen molar-refractivity contribution in [1.82, 2.24) is 9.80 Å². The first-order valence-electron chi connectivity index (χ1n) is 8.36. The minimum atomic E-state index is 0.234. The quantitative estimate of drug-likeness (QED) is 0.875. The molecule has 0 saturated carbocycles. The molecule has 0 radical (unpaired) electrons. The Morgan fingerprint density at radius 1 is 1.10 bits per heavy atom. The van der Waals surface area contributed by atoms with E-state index in [0.717, 1.165) is 19.5 Å². The molecular weight excluding hydrogens is 278 g/mol. The van der Waals surface area contributed by atoms with Crippen molar-refractivity contribution in [3.63, 3.8) is 0 Å². The average Bonchev–Trinajstić information content (AvgIpc) is 2.93. The Morgan fingerprint density at radius 2 is 1.71 bits per heavy atom. The molecule has 0 bridgehead atoms. The Labute approximate surface area is 134 Å². The molecule has 120 valence electrons. The molecule has 0 aliphatic carbocycles. The molecule has 21 heavy (non-hydrogen) atoms. The molecule has 1 saturated heterocycles. The van der Waals surface area contributed by atoms with E-state index < -0.39 is 0 Å². The maximum Gasteiger partial charge on any atom is 0.0594 e. The van der Waals surface area contributed by atoms with Gasteiger partial charge >= 0.3 is 0 Å². The number of piperazine rings is 1. The maximum absolute atomic E-state index is 6.46. The van der Waals surface area contributed by atoms with E-state index in [0.29, 0.717) is 12.1 Å². The van der Waals surface area contributed by atoms with Crippen LogP contribution in [0.2, 0.25) is 0 Å². The third-order valence-corrected chi connectivity index (χ3v) is 5.96. The third kappa shape index (κ3) is 4.07. The maximum atomic E-state index is 6.46. The minimum absolute atomic E-state index is 0.234. The number of thiophene rings is 1. The highest BCUT2D eigenvalue weighted by Gasteiger charge is 2.30. The Bertz CT molecular complexity index is 423. The van der Waals surface area contributed by atoms with Gasteiger partial charge in [-0.3, -0.25) is 9.80 Å². The highest BCUT2D eigenvalue weighted by molar-refractivity contribution is 7.12. The fourth-order valence-electron chi connectivity index (χ4n) is 3.21. The molecule has 3 unspecified atom stereocenters. The van der Waals surface area contributed by atoms with Crippen LogP contribution in [0.1, 0.15) is 49.4 Å². The monoisotopic (exact) mass is 309 g/mol. The van der Waals surface area contributed by atoms with Crippen LogP contribution in [-0.2, 0) is 0 Å². The summed E-state index contributed by atoms with van der Waals surface area (Å²) in [7, 11) is 0. The van der Waals surface area contributed by atoms with Gasteiger partial charge in [0.15, 0.2) is 0 Å². The summed E-state index contributed by atoms with van der Waals surface area (Å²) >= 11 is 1.91. The van der Waals surface area contributed by atoms with Gasteiger partial charge < -0.3 is 5.73 Å². The lowest BCUT2D eigenvalue weighted by atomic mass is 10.0. The summed E-state index contributed by atoms with van der Waals surface area (Å²) in [5.74, 6) is 0. The summed E-state index contributed by atoms with van der Waals surface area (Å²) in [6, 6.07) is 5.84. The van der Waals surface area contributed by atoms with Crippen LogP contribution >= 0.6 is 11.3 Å². The molecule has 1 aliphatic rings. The smallest absolute Gasteiger partial charge is 0.0594 e. The van der Waals surface area contributed by atoms with Gasteiger partial charge in [-0.15, -0.1) is 11.3 Å². The fraction of sp³-hybridized carbons (Fsp3) is 0.765. The predicted octanol–water partition coefficient (Wildman–Crippen LogP) is 3.25. The molecule has 2 N–H and O–H groups in total. The van der Waals surface area contributed by atoms with Crippen LogP contribution in [0.25, 0.3) is 0 Å². The third-order valence-electron chi connectivity index (χ3n) is 4.89. The zero-order valence-corrected chi connectivity index (χ0v) is 14.8.